The van der Waals surface area contributed by atoms with Crippen LogP contribution in [0.25, 0.3) is 11.4 Å². The minimum Gasteiger partial charge on any atom is -0.236 e. The van der Waals surface area contributed by atoms with Gasteiger partial charge in [-0.25, -0.2) is 9.97 Å². The first-order valence-electron chi connectivity index (χ1n) is 16.7. The van der Waals surface area contributed by atoms with E-state index in [4.69, 9.17) is 0 Å². The number of nitrogens with zero attached hydrogens (tertiary/aromatic N) is 2. The molecular formula is C36H58N2. The summed E-state index contributed by atoms with van der Waals surface area (Å²) in [5.74, 6) is 2.90. The fourth-order valence-electron chi connectivity index (χ4n) is 6.35. The molecule has 0 spiro atoms. The number of aromatic nitrogens is 2. The second-order valence-corrected chi connectivity index (χ2v) is 12.3. The molecule has 2 heteroatoms. The number of unbranched alkanes of at least 4 members (excludes halogenated alkanes) is 11. The molecule has 1 aliphatic carbocycles. The lowest BCUT2D eigenvalue weighted by Gasteiger charge is -2.28. The summed E-state index contributed by atoms with van der Waals surface area (Å²) in [4.78, 5) is 9.35. The van der Waals surface area contributed by atoms with Crippen LogP contribution in [0, 0.1) is 11.8 Å². The quantitative estimate of drug-likeness (QED) is 0.163. The lowest BCUT2D eigenvalue weighted by atomic mass is 9.78. The van der Waals surface area contributed by atoms with Crippen LogP contribution in [-0.4, -0.2) is 9.97 Å². The highest BCUT2D eigenvalue weighted by atomic mass is 14.9. The molecule has 0 unspecified atom stereocenters. The molecule has 0 amide bonds. The third-order valence-electron chi connectivity index (χ3n) is 9.00. The van der Waals surface area contributed by atoms with E-state index < -0.39 is 0 Å². The second kappa shape index (κ2) is 19.4. The highest BCUT2D eigenvalue weighted by molar-refractivity contribution is 5.55. The lowest BCUT2D eigenvalue weighted by Crippen LogP contribution is -2.14. The van der Waals surface area contributed by atoms with Crippen molar-refractivity contribution in [2.75, 3.05) is 0 Å². The molecule has 38 heavy (non-hydrogen) atoms. The third kappa shape index (κ3) is 12.4. The molecule has 212 valence electrons. The van der Waals surface area contributed by atoms with Crippen LogP contribution in [0.15, 0.2) is 36.7 Å². The number of hydrogen-bond donors (Lipinski definition) is 0. The predicted octanol–water partition coefficient (Wildman–Crippen LogP) is 11.3. The van der Waals surface area contributed by atoms with E-state index in [1.54, 1.807) is 0 Å². The molecule has 2 nitrogen and oxygen atoms in total. The van der Waals surface area contributed by atoms with Crippen LogP contribution in [0.2, 0.25) is 0 Å². The maximum atomic E-state index is 4.68. The third-order valence-corrected chi connectivity index (χ3v) is 9.00. The molecule has 0 bridgehead atoms. The van der Waals surface area contributed by atoms with Crippen LogP contribution in [-0.2, 0) is 12.8 Å². The lowest BCUT2D eigenvalue weighted by molar-refractivity contribution is 0.245. The summed E-state index contributed by atoms with van der Waals surface area (Å²) in [6, 6.07) is 9.00. The number of aryl methyl sites for hydroxylation is 2. The average Bonchev–Trinajstić information content (AvgIpc) is 2.96. The molecular weight excluding hydrogens is 460 g/mol. The zero-order chi connectivity index (χ0) is 26.7. The van der Waals surface area contributed by atoms with Crippen molar-refractivity contribution in [1.29, 1.82) is 0 Å². The summed E-state index contributed by atoms with van der Waals surface area (Å²) in [6.45, 7) is 4.60. The molecule has 0 atom stereocenters. The van der Waals surface area contributed by atoms with Gasteiger partial charge in [-0.3, -0.25) is 0 Å². The van der Waals surface area contributed by atoms with Gasteiger partial charge < -0.3 is 0 Å². The summed E-state index contributed by atoms with van der Waals surface area (Å²) in [5.41, 5.74) is 3.87. The zero-order valence-corrected chi connectivity index (χ0v) is 25.1. The molecule has 1 aromatic heterocycles. The van der Waals surface area contributed by atoms with Crippen molar-refractivity contribution in [2.24, 2.45) is 11.8 Å². The summed E-state index contributed by atoms with van der Waals surface area (Å²) < 4.78 is 0. The standard InChI is InChI=1S/C36H58N2/c1-3-5-7-8-9-10-11-12-14-20-34-29-37-36(38-30-34)35-27-25-33(26-28-35)19-16-15-18-32-23-21-31(22-24-32)17-13-6-4-2/h25-32H,3-24H2,1-2H3/t31-,32-. The Kier molecular flexibility index (Phi) is 15.7. The number of benzene rings is 1. The minimum atomic E-state index is 0.859. The monoisotopic (exact) mass is 518 g/mol. The predicted molar refractivity (Wildman–Crippen MR) is 166 cm³/mol. The Morgan fingerprint density at radius 1 is 0.526 bits per heavy atom. The van der Waals surface area contributed by atoms with Crippen LogP contribution in [0.5, 0.6) is 0 Å². The van der Waals surface area contributed by atoms with Gasteiger partial charge in [0, 0.05) is 18.0 Å². The Morgan fingerprint density at radius 2 is 0.974 bits per heavy atom. The Hall–Kier alpha value is -1.70. The largest absolute Gasteiger partial charge is 0.236 e. The first kappa shape index (κ1) is 30.8. The van der Waals surface area contributed by atoms with Crippen LogP contribution in [0.1, 0.15) is 153 Å². The van der Waals surface area contributed by atoms with Crippen molar-refractivity contribution < 1.29 is 0 Å². The first-order valence-corrected chi connectivity index (χ1v) is 16.7. The van der Waals surface area contributed by atoms with Crippen molar-refractivity contribution in [3.05, 3.63) is 47.8 Å². The topological polar surface area (TPSA) is 25.8 Å². The number of rotatable bonds is 20. The molecule has 1 fully saturated rings. The van der Waals surface area contributed by atoms with Gasteiger partial charge in [0.2, 0.25) is 0 Å². The normalized spacial score (nSPS) is 17.6. The van der Waals surface area contributed by atoms with Crippen LogP contribution in [0.3, 0.4) is 0 Å². The van der Waals surface area contributed by atoms with Crippen molar-refractivity contribution in [3.8, 4) is 11.4 Å². The number of hydrogen-bond acceptors (Lipinski definition) is 2. The van der Waals surface area contributed by atoms with Gasteiger partial charge in [0.05, 0.1) is 0 Å². The highest BCUT2D eigenvalue weighted by Crippen LogP contribution is 2.34. The molecule has 0 saturated heterocycles. The smallest absolute Gasteiger partial charge is 0.159 e. The maximum Gasteiger partial charge on any atom is 0.159 e. The van der Waals surface area contributed by atoms with Crippen molar-refractivity contribution >= 4 is 0 Å². The molecule has 0 N–H and O–H groups in total. The van der Waals surface area contributed by atoms with Crippen LogP contribution < -0.4 is 0 Å². The van der Waals surface area contributed by atoms with Crippen molar-refractivity contribution in [3.63, 3.8) is 0 Å². The summed E-state index contributed by atoms with van der Waals surface area (Å²) in [6.07, 6.45) is 34.6. The van der Waals surface area contributed by atoms with Gasteiger partial charge in [-0.15, -0.1) is 0 Å². The van der Waals surface area contributed by atoms with E-state index in [2.05, 4.69) is 48.1 Å². The summed E-state index contributed by atoms with van der Waals surface area (Å²) in [5, 5.41) is 0. The van der Waals surface area contributed by atoms with Crippen molar-refractivity contribution in [1.82, 2.24) is 9.97 Å². The Labute approximate surface area is 235 Å². The Bertz CT molecular complexity index is 817. The molecule has 2 aromatic rings. The average molecular weight is 519 g/mol. The van der Waals surface area contributed by atoms with E-state index >= 15 is 0 Å². The van der Waals surface area contributed by atoms with E-state index in [0.29, 0.717) is 0 Å². The van der Waals surface area contributed by atoms with Gasteiger partial charge in [-0.2, -0.15) is 0 Å². The van der Waals surface area contributed by atoms with Crippen LogP contribution in [0.4, 0.5) is 0 Å². The van der Waals surface area contributed by atoms with E-state index in [-0.39, 0.29) is 0 Å². The molecule has 1 aromatic carbocycles. The van der Waals surface area contributed by atoms with Gasteiger partial charge >= 0.3 is 0 Å². The fourth-order valence-corrected chi connectivity index (χ4v) is 6.35. The SMILES string of the molecule is CCCCCCCCCCCc1cnc(-c2ccc(CCCC[C@H]3CC[C@H](CCCCC)CC3)cc2)nc1. The Balaban J connectivity index is 1.25. The fraction of sp³-hybridized carbons (Fsp3) is 0.722. The summed E-state index contributed by atoms with van der Waals surface area (Å²) >= 11 is 0. The van der Waals surface area contributed by atoms with Gasteiger partial charge in [-0.05, 0) is 48.6 Å². The highest BCUT2D eigenvalue weighted by Gasteiger charge is 2.20. The van der Waals surface area contributed by atoms with E-state index in [1.807, 2.05) is 12.4 Å². The Morgan fingerprint density at radius 3 is 1.55 bits per heavy atom. The molecule has 1 saturated carbocycles. The van der Waals surface area contributed by atoms with E-state index in [0.717, 1.165) is 29.6 Å². The molecule has 0 radical (unpaired) electrons. The van der Waals surface area contributed by atoms with Crippen molar-refractivity contribution in [2.45, 2.75) is 155 Å². The zero-order valence-electron chi connectivity index (χ0n) is 25.1. The molecule has 3 rings (SSSR count). The van der Waals surface area contributed by atoms with E-state index in [1.165, 1.54) is 146 Å². The van der Waals surface area contributed by atoms with Gasteiger partial charge in [-0.1, -0.05) is 154 Å². The maximum absolute atomic E-state index is 4.68. The molecule has 1 heterocycles. The van der Waals surface area contributed by atoms with Gasteiger partial charge in [0.15, 0.2) is 5.82 Å². The summed E-state index contributed by atoms with van der Waals surface area (Å²) in [7, 11) is 0. The molecule has 0 aliphatic heterocycles. The van der Waals surface area contributed by atoms with Gasteiger partial charge in [0.25, 0.3) is 0 Å². The minimum absolute atomic E-state index is 0.859. The first-order chi connectivity index (χ1) is 18.8. The molecule has 1 aliphatic rings. The van der Waals surface area contributed by atoms with Gasteiger partial charge in [0.1, 0.15) is 0 Å². The van der Waals surface area contributed by atoms with Crippen LogP contribution >= 0.6 is 0 Å². The van der Waals surface area contributed by atoms with E-state index in [9.17, 15) is 0 Å². The second-order valence-electron chi connectivity index (χ2n) is 12.3.